The highest BCUT2D eigenvalue weighted by Crippen LogP contribution is 2.20. The van der Waals surface area contributed by atoms with E-state index in [1.165, 1.54) is 19.1 Å². The van der Waals surface area contributed by atoms with Crippen molar-refractivity contribution in [2.75, 3.05) is 0 Å². The van der Waals surface area contributed by atoms with Gasteiger partial charge in [-0.05, 0) is 48.2 Å². The average Bonchev–Trinajstić information content (AvgIpc) is 3.40. The second-order valence-electron chi connectivity index (χ2n) is 10.4. The van der Waals surface area contributed by atoms with Crippen LogP contribution in [0.4, 0.5) is 0 Å². The van der Waals surface area contributed by atoms with Crippen LogP contribution in [0.15, 0.2) is 85.1 Å². The van der Waals surface area contributed by atoms with Crippen molar-refractivity contribution in [3.63, 3.8) is 0 Å². The SMILES string of the molecule is CC(NC(=O)C(Cc1ccc(O)cc1)NC(=O)C(Cc1c[nH]c2ccccc12)NC(=O)C(N)Cc1ccccc1)C(=O)O. The summed E-state index contributed by atoms with van der Waals surface area (Å²) in [6.07, 6.45) is 2.12. The number of aromatic amines is 1. The molecule has 3 amide bonds. The van der Waals surface area contributed by atoms with Gasteiger partial charge in [0.15, 0.2) is 0 Å². The number of carboxylic acid groups (broad SMARTS) is 1. The maximum Gasteiger partial charge on any atom is 0.325 e. The number of H-pyrrole nitrogens is 1. The lowest BCUT2D eigenvalue weighted by molar-refractivity contribution is -0.141. The van der Waals surface area contributed by atoms with Gasteiger partial charge >= 0.3 is 5.97 Å². The molecule has 0 spiro atoms. The number of rotatable bonds is 13. The van der Waals surface area contributed by atoms with Crippen molar-refractivity contribution >= 4 is 34.6 Å². The van der Waals surface area contributed by atoms with Gasteiger partial charge < -0.3 is 36.9 Å². The fraction of sp³-hybridized carbons (Fsp3) is 0.250. The Bertz CT molecular complexity index is 1570. The number of benzene rings is 3. The van der Waals surface area contributed by atoms with Crippen molar-refractivity contribution in [3.05, 3.63) is 102 Å². The number of carbonyl (C=O) groups is 4. The highest BCUT2D eigenvalue weighted by molar-refractivity contribution is 5.95. The zero-order valence-corrected chi connectivity index (χ0v) is 23.6. The molecule has 1 aromatic heterocycles. The lowest BCUT2D eigenvalue weighted by Gasteiger charge is -2.25. The molecule has 0 aliphatic carbocycles. The molecular formula is C32H35N5O6. The zero-order valence-electron chi connectivity index (χ0n) is 23.6. The van der Waals surface area contributed by atoms with Crippen LogP contribution in [0.25, 0.3) is 10.9 Å². The van der Waals surface area contributed by atoms with Crippen LogP contribution >= 0.6 is 0 Å². The van der Waals surface area contributed by atoms with E-state index >= 15 is 0 Å². The van der Waals surface area contributed by atoms with Crippen molar-refractivity contribution in [3.8, 4) is 5.75 Å². The van der Waals surface area contributed by atoms with E-state index in [1.54, 1.807) is 18.3 Å². The minimum absolute atomic E-state index is 0.00542. The van der Waals surface area contributed by atoms with Gasteiger partial charge in [-0.3, -0.25) is 19.2 Å². The Morgan fingerprint density at radius 1 is 0.744 bits per heavy atom. The number of nitrogens with one attached hydrogen (secondary N) is 4. The Kier molecular flexibility index (Phi) is 10.1. The molecule has 0 saturated heterocycles. The normalized spacial score (nSPS) is 13.8. The minimum Gasteiger partial charge on any atom is -0.508 e. The van der Waals surface area contributed by atoms with Crippen LogP contribution in [0.2, 0.25) is 0 Å². The Morgan fingerprint density at radius 3 is 2.02 bits per heavy atom. The average molecular weight is 586 g/mol. The van der Waals surface area contributed by atoms with Crippen molar-refractivity contribution in [1.29, 1.82) is 0 Å². The van der Waals surface area contributed by atoms with Gasteiger partial charge in [-0.1, -0.05) is 60.7 Å². The molecule has 0 bridgehead atoms. The molecule has 224 valence electrons. The van der Waals surface area contributed by atoms with Crippen LogP contribution in [0.3, 0.4) is 0 Å². The second-order valence-corrected chi connectivity index (χ2v) is 10.4. The Hall–Kier alpha value is -5.16. The molecule has 8 N–H and O–H groups in total. The molecule has 4 aromatic rings. The van der Waals surface area contributed by atoms with E-state index in [0.29, 0.717) is 5.56 Å². The molecule has 4 rings (SSSR count). The summed E-state index contributed by atoms with van der Waals surface area (Å²) in [4.78, 5) is 54.7. The standard InChI is InChI=1S/C32H35N5O6/c1-19(32(42)43)35-30(40)27(16-21-11-13-23(38)14-12-21)37-31(41)28(17-22-18-34-26-10-6-5-9-24(22)26)36-29(39)25(33)15-20-7-3-2-4-8-20/h2-14,18-19,25,27-28,34,38H,15-17,33H2,1H3,(H,35,40)(H,36,39)(H,37,41)(H,42,43). The number of aromatic hydroxyl groups is 1. The molecule has 0 fully saturated rings. The predicted molar refractivity (Wildman–Crippen MR) is 161 cm³/mol. The number of hydrogen-bond acceptors (Lipinski definition) is 6. The first-order valence-electron chi connectivity index (χ1n) is 13.9. The quantitative estimate of drug-likeness (QED) is 0.125. The molecule has 0 saturated carbocycles. The van der Waals surface area contributed by atoms with E-state index in [1.807, 2.05) is 54.6 Å². The summed E-state index contributed by atoms with van der Waals surface area (Å²) >= 11 is 0. The van der Waals surface area contributed by atoms with Gasteiger partial charge in [0.05, 0.1) is 6.04 Å². The topological polar surface area (TPSA) is 187 Å². The third-order valence-electron chi connectivity index (χ3n) is 7.11. The van der Waals surface area contributed by atoms with Crippen molar-refractivity contribution in [1.82, 2.24) is 20.9 Å². The van der Waals surface area contributed by atoms with E-state index in [9.17, 15) is 29.4 Å². The Balaban J connectivity index is 1.58. The Labute approximate surface area is 248 Å². The highest BCUT2D eigenvalue weighted by atomic mass is 16.4. The van der Waals surface area contributed by atoms with Crippen LogP contribution in [0, 0.1) is 0 Å². The molecule has 1 heterocycles. The fourth-order valence-electron chi connectivity index (χ4n) is 4.69. The van der Waals surface area contributed by atoms with Crippen LogP contribution < -0.4 is 21.7 Å². The van der Waals surface area contributed by atoms with Crippen molar-refractivity contribution in [2.24, 2.45) is 5.73 Å². The molecule has 3 aromatic carbocycles. The number of carboxylic acids is 1. The lowest BCUT2D eigenvalue weighted by atomic mass is 10.0. The number of phenols is 1. The summed E-state index contributed by atoms with van der Waals surface area (Å²) in [7, 11) is 0. The van der Waals surface area contributed by atoms with E-state index < -0.39 is 47.9 Å². The molecule has 11 nitrogen and oxygen atoms in total. The molecule has 0 radical (unpaired) electrons. The van der Waals surface area contributed by atoms with E-state index in [2.05, 4.69) is 20.9 Å². The fourth-order valence-corrected chi connectivity index (χ4v) is 4.69. The molecule has 43 heavy (non-hydrogen) atoms. The number of phenolic OH excluding ortho intramolecular Hbond substituents is 1. The number of nitrogens with two attached hydrogens (primary N) is 1. The van der Waals surface area contributed by atoms with Gasteiger partial charge in [0.1, 0.15) is 23.9 Å². The smallest absolute Gasteiger partial charge is 0.325 e. The van der Waals surface area contributed by atoms with Gasteiger partial charge in [-0.25, -0.2) is 0 Å². The summed E-state index contributed by atoms with van der Waals surface area (Å²) in [5.74, 6) is -3.11. The predicted octanol–water partition coefficient (Wildman–Crippen LogP) is 1.79. The van der Waals surface area contributed by atoms with Gasteiger partial charge in [-0.2, -0.15) is 0 Å². The second kappa shape index (κ2) is 14.1. The van der Waals surface area contributed by atoms with Crippen LogP contribution in [0.1, 0.15) is 23.6 Å². The maximum atomic E-state index is 13.8. The summed E-state index contributed by atoms with van der Waals surface area (Å²) in [6.45, 7) is 1.31. The molecule has 4 unspecified atom stereocenters. The maximum absolute atomic E-state index is 13.8. The first-order chi connectivity index (χ1) is 20.6. The number of para-hydroxylation sites is 1. The number of carbonyl (C=O) groups excluding carboxylic acids is 3. The summed E-state index contributed by atoms with van der Waals surface area (Å²) in [5.41, 5.74) is 9.32. The molecule has 4 atom stereocenters. The molecule has 0 aliphatic heterocycles. The summed E-state index contributed by atoms with van der Waals surface area (Å²) in [5, 5.41) is 27.7. The Morgan fingerprint density at radius 2 is 1.33 bits per heavy atom. The zero-order chi connectivity index (χ0) is 30.9. The molecule has 11 heteroatoms. The van der Waals surface area contributed by atoms with Gasteiger partial charge in [-0.15, -0.1) is 0 Å². The van der Waals surface area contributed by atoms with Crippen molar-refractivity contribution in [2.45, 2.75) is 50.4 Å². The molecule has 0 aliphatic rings. The van der Waals surface area contributed by atoms with Gasteiger partial charge in [0.25, 0.3) is 0 Å². The summed E-state index contributed by atoms with van der Waals surface area (Å²) < 4.78 is 0. The number of aliphatic carboxylic acids is 1. The number of fused-ring (bicyclic) bond motifs is 1. The number of aromatic nitrogens is 1. The van der Waals surface area contributed by atoms with Gasteiger partial charge in [0, 0.05) is 29.9 Å². The van der Waals surface area contributed by atoms with E-state index in [-0.39, 0.29) is 25.0 Å². The first kappa shape index (κ1) is 30.8. The lowest BCUT2D eigenvalue weighted by Crippen LogP contribution is -2.58. The number of hydrogen-bond donors (Lipinski definition) is 7. The summed E-state index contributed by atoms with van der Waals surface area (Å²) in [6, 6.07) is 18.4. The highest BCUT2D eigenvalue weighted by Gasteiger charge is 2.30. The van der Waals surface area contributed by atoms with E-state index in [4.69, 9.17) is 5.73 Å². The molecular weight excluding hydrogens is 550 g/mol. The van der Waals surface area contributed by atoms with Crippen LogP contribution in [-0.2, 0) is 38.4 Å². The van der Waals surface area contributed by atoms with Gasteiger partial charge in [0.2, 0.25) is 17.7 Å². The van der Waals surface area contributed by atoms with Crippen molar-refractivity contribution < 1.29 is 29.4 Å². The number of amides is 3. The third kappa shape index (κ3) is 8.43. The third-order valence-corrected chi connectivity index (χ3v) is 7.11. The monoisotopic (exact) mass is 585 g/mol. The van der Waals surface area contributed by atoms with Crippen LogP contribution in [-0.4, -0.2) is 63.1 Å². The minimum atomic E-state index is -1.24. The largest absolute Gasteiger partial charge is 0.508 e. The van der Waals surface area contributed by atoms with Crippen LogP contribution in [0.5, 0.6) is 5.75 Å². The van der Waals surface area contributed by atoms with E-state index in [0.717, 1.165) is 22.0 Å². The first-order valence-corrected chi connectivity index (χ1v) is 13.9.